The van der Waals surface area contributed by atoms with Gasteiger partial charge in [-0.05, 0) is 38.9 Å². The van der Waals surface area contributed by atoms with E-state index < -0.39 is 5.97 Å². The largest absolute Gasteiger partial charge is 0.480 e. The van der Waals surface area contributed by atoms with Gasteiger partial charge in [-0.1, -0.05) is 6.92 Å². The average Bonchev–Trinajstić information content (AvgIpc) is 2.16. The topological polar surface area (TPSA) is 43.8 Å². The molecule has 4 nitrogen and oxygen atoms in total. The first-order valence-corrected chi connectivity index (χ1v) is 5.74. The number of carbonyl (C=O) groups is 1. The Balaban J connectivity index is 2.33. The van der Waals surface area contributed by atoms with E-state index in [1.54, 1.807) is 0 Å². The smallest absolute Gasteiger partial charge is 0.317 e. The van der Waals surface area contributed by atoms with Gasteiger partial charge < -0.3 is 10.0 Å². The molecule has 1 fully saturated rings. The highest BCUT2D eigenvalue weighted by molar-refractivity contribution is 5.69. The Hall–Kier alpha value is -0.610. The van der Waals surface area contributed by atoms with Crippen molar-refractivity contribution in [3.63, 3.8) is 0 Å². The Labute approximate surface area is 91.9 Å². The SMILES string of the molecule is CCN(CC(=O)O)CC1CCCN(C)C1. The second-order valence-corrected chi connectivity index (χ2v) is 4.49. The number of nitrogens with zero attached hydrogens (tertiary/aromatic N) is 2. The van der Waals surface area contributed by atoms with E-state index in [1.807, 2.05) is 11.8 Å². The van der Waals surface area contributed by atoms with Gasteiger partial charge in [0.15, 0.2) is 0 Å². The zero-order chi connectivity index (χ0) is 11.3. The molecule has 0 spiro atoms. The molecule has 1 atom stereocenters. The van der Waals surface area contributed by atoms with Crippen LogP contribution in [0.3, 0.4) is 0 Å². The van der Waals surface area contributed by atoms with Gasteiger partial charge in [-0.15, -0.1) is 0 Å². The monoisotopic (exact) mass is 214 g/mol. The molecule has 1 rings (SSSR count). The number of piperidine rings is 1. The van der Waals surface area contributed by atoms with Crippen LogP contribution in [0.4, 0.5) is 0 Å². The fraction of sp³-hybridized carbons (Fsp3) is 0.909. The zero-order valence-corrected chi connectivity index (χ0v) is 9.78. The molecule has 0 saturated carbocycles. The molecule has 4 heteroatoms. The van der Waals surface area contributed by atoms with Crippen molar-refractivity contribution in [2.75, 3.05) is 39.8 Å². The minimum Gasteiger partial charge on any atom is -0.480 e. The Kier molecular flexibility index (Phi) is 5.05. The lowest BCUT2D eigenvalue weighted by molar-refractivity contribution is -0.138. The summed E-state index contributed by atoms with van der Waals surface area (Å²) in [7, 11) is 2.14. The number of aliphatic carboxylic acids is 1. The van der Waals surface area contributed by atoms with Crippen LogP contribution in [-0.2, 0) is 4.79 Å². The van der Waals surface area contributed by atoms with Crippen LogP contribution < -0.4 is 0 Å². The summed E-state index contributed by atoms with van der Waals surface area (Å²) < 4.78 is 0. The fourth-order valence-corrected chi connectivity index (χ4v) is 2.28. The van der Waals surface area contributed by atoms with E-state index in [-0.39, 0.29) is 6.54 Å². The van der Waals surface area contributed by atoms with Crippen LogP contribution in [-0.4, -0.2) is 60.6 Å². The van der Waals surface area contributed by atoms with Crippen LogP contribution in [0.5, 0.6) is 0 Å². The van der Waals surface area contributed by atoms with Gasteiger partial charge in [-0.3, -0.25) is 9.69 Å². The maximum atomic E-state index is 10.6. The van der Waals surface area contributed by atoms with Crippen molar-refractivity contribution in [3.8, 4) is 0 Å². The third-order valence-corrected chi connectivity index (χ3v) is 3.04. The van der Waals surface area contributed by atoms with Crippen LogP contribution in [0.15, 0.2) is 0 Å². The normalized spacial score (nSPS) is 23.3. The number of carboxylic acid groups (broad SMARTS) is 1. The van der Waals surface area contributed by atoms with Gasteiger partial charge in [-0.25, -0.2) is 0 Å². The van der Waals surface area contributed by atoms with Gasteiger partial charge in [-0.2, -0.15) is 0 Å². The van der Waals surface area contributed by atoms with E-state index >= 15 is 0 Å². The molecule has 1 heterocycles. The highest BCUT2D eigenvalue weighted by atomic mass is 16.4. The molecule has 0 amide bonds. The van der Waals surface area contributed by atoms with Crippen molar-refractivity contribution in [2.24, 2.45) is 5.92 Å². The van der Waals surface area contributed by atoms with Crippen molar-refractivity contribution in [2.45, 2.75) is 19.8 Å². The Morgan fingerprint density at radius 1 is 1.60 bits per heavy atom. The average molecular weight is 214 g/mol. The molecule has 1 N–H and O–H groups in total. The van der Waals surface area contributed by atoms with Gasteiger partial charge in [0.05, 0.1) is 6.54 Å². The molecule has 1 aliphatic rings. The van der Waals surface area contributed by atoms with E-state index in [9.17, 15) is 4.79 Å². The van der Waals surface area contributed by atoms with Gasteiger partial charge in [0.25, 0.3) is 0 Å². The summed E-state index contributed by atoms with van der Waals surface area (Å²) in [5, 5.41) is 8.74. The first-order chi connectivity index (χ1) is 7.11. The third-order valence-electron chi connectivity index (χ3n) is 3.04. The lowest BCUT2D eigenvalue weighted by Gasteiger charge is -2.32. The molecule has 15 heavy (non-hydrogen) atoms. The Morgan fingerprint density at radius 3 is 2.87 bits per heavy atom. The molecule has 1 aliphatic heterocycles. The highest BCUT2D eigenvalue weighted by Crippen LogP contribution is 2.16. The number of carboxylic acids is 1. The first kappa shape index (κ1) is 12.5. The summed E-state index contributed by atoms with van der Waals surface area (Å²) in [4.78, 5) is 15.0. The molecular formula is C11H22N2O2. The third kappa shape index (κ3) is 4.62. The predicted molar refractivity (Wildman–Crippen MR) is 60.0 cm³/mol. The van der Waals surface area contributed by atoms with Crippen molar-refractivity contribution in [1.29, 1.82) is 0 Å². The molecule has 1 unspecified atom stereocenters. The standard InChI is InChI=1S/C11H22N2O2/c1-3-13(9-11(14)15)8-10-5-4-6-12(2)7-10/h10H,3-9H2,1-2H3,(H,14,15). The van der Waals surface area contributed by atoms with Crippen LogP contribution in [0.2, 0.25) is 0 Å². The van der Waals surface area contributed by atoms with Gasteiger partial charge in [0, 0.05) is 13.1 Å². The summed E-state index contributed by atoms with van der Waals surface area (Å²) in [6.45, 7) is 6.24. The van der Waals surface area contributed by atoms with E-state index in [0.29, 0.717) is 5.92 Å². The summed E-state index contributed by atoms with van der Waals surface area (Å²) in [6.07, 6.45) is 2.48. The van der Waals surface area contributed by atoms with Crippen LogP contribution in [0.25, 0.3) is 0 Å². The van der Waals surface area contributed by atoms with Crippen LogP contribution in [0, 0.1) is 5.92 Å². The lowest BCUT2D eigenvalue weighted by atomic mass is 9.98. The maximum absolute atomic E-state index is 10.6. The van der Waals surface area contributed by atoms with E-state index in [2.05, 4.69) is 11.9 Å². The molecule has 88 valence electrons. The number of likely N-dealkylation sites (N-methyl/N-ethyl adjacent to an activating group) is 1. The van der Waals surface area contributed by atoms with Crippen molar-refractivity contribution >= 4 is 5.97 Å². The lowest BCUT2D eigenvalue weighted by Crippen LogP contribution is -2.40. The molecule has 1 saturated heterocycles. The van der Waals surface area contributed by atoms with E-state index in [4.69, 9.17) is 5.11 Å². The van der Waals surface area contributed by atoms with Crippen LogP contribution in [0.1, 0.15) is 19.8 Å². The minimum atomic E-state index is -0.721. The van der Waals surface area contributed by atoms with E-state index in [1.165, 1.54) is 19.4 Å². The summed E-state index contributed by atoms with van der Waals surface area (Å²) >= 11 is 0. The van der Waals surface area contributed by atoms with Gasteiger partial charge >= 0.3 is 5.97 Å². The first-order valence-electron chi connectivity index (χ1n) is 5.74. The van der Waals surface area contributed by atoms with E-state index in [0.717, 1.165) is 19.6 Å². The molecule has 0 aliphatic carbocycles. The highest BCUT2D eigenvalue weighted by Gasteiger charge is 2.20. The molecule has 0 radical (unpaired) electrons. The fourth-order valence-electron chi connectivity index (χ4n) is 2.28. The summed E-state index contributed by atoms with van der Waals surface area (Å²) in [6, 6.07) is 0. The number of hydrogen-bond donors (Lipinski definition) is 1. The summed E-state index contributed by atoms with van der Waals surface area (Å²) in [5.41, 5.74) is 0. The number of rotatable bonds is 5. The molecule has 0 aromatic rings. The quantitative estimate of drug-likeness (QED) is 0.733. The van der Waals surface area contributed by atoms with Gasteiger partial charge in [0.2, 0.25) is 0 Å². The second-order valence-electron chi connectivity index (χ2n) is 4.49. The molecular weight excluding hydrogens is 192 g/mol. The van der Waals surface area contributed by atoms with Crippen molar-refractivity contribution < 1.29 is 9.90 Å². The van der Waals surface area contributed by atoms with Gasteiger partial charge in [0.1, 0.15) is 0 Å². The summed E-state index contributed by atoms with van der Waals surface area (Å²) in [5.74, 6) is -0.0796. The Morgan fingerprint density at radius 2 is 2.33 bits per heavy atom. The maximum Gasteiger partial charge on any atom is 0.317 e. The second kappa shape index (κ2) is 6.08. The minimum absolute atomic E-state index is 0.177. The zero-order valence-electron chi connectivity index (χ0n) is 9.78. The predicted octanol–water partition coefficient (Wildman–Crippen LogP) is 0.735. The van der Waals surface area contributed by atoms with Crippen molar-refractivity contribution in [3.05, 3.63) is 0 Å². The van der Waals surface area contributed by atoms with Crippen molar-refractivity contribution in [1.82, 2.24) is 9.80 Å². The Bertz CT molecular complexity index is 209. The number of hydrogen-bond acceptors (Lipinski definition) is 3. The number of likely N-dealkylation sites (tertiary alicyclic amines) is 1. The molecule has 0 aromatic heterocycles. The molecule has 0 bridgehead atoms. The van der Waals surface area contributed by atoms with Crippen LogP contribution >= 0.6 is 0 Å². The molecule has 0 aromatic carbocycles.